The summed E-state index contributed by atoms with van der Waals surface area (Å²) in [5, 5.41) is -0.0380. The fourth-order valence-electron chi connectivity index (χ4n) is 1.25. The third kappa shape index (κ3) is 3.70. The molecule has 3 nitrogen and oxygen atoms in total. The van der Waals surface area contributed by atoms with Crippen molar-refractivity contribution in [1.29, 1.82) is 0 Å². The van der Waals surface area contributed by atoms with Crippen LogP contribution in [-0.2, 0) is 4.79 Å². The van der Waals surface area contributed by atoms with Crippen molar-refractivity contribution in [1.82, 2.24) is 4.90 Å². The Morgan fingerprint density at radius 1 is 1.56 bits per heavy atom. The van der Waals surface area contributed by atoms with Crippen molar-refractivity contribution < 1.29 is 4.79 Å². The second-order valence-electron chi connectivity index (χ2n) is 4.36. The maximum atomic E-state index is 12.0. The summed E-state index contributed by atoms with van der Waals surface area (Å²) in [6, 6.07) is 0.658. The molecule has 1 amide bonds. The molecule has 0 spiro atoms. The van der Waals surface area contributed by atoms with Crippen molar-refractivity contribution in [3.8, 4) is 0 Å². The number of nitrogens with zero attached hydrogens (tertiary/aromatic N) is 2. The van der Waals surface area contributed by atoms with Crippen molar-refractivity contribution in [2.75, 3.05) is 12.8 Å². The number of aliphatic imine (C=N–C) groups is 1. The normalized spacial score (nSPS) is 22.1. The molecule has 0 aromatic carbocycles. The molecule has 0 aromatic rings. The SMILES string of the molecule is CC(C)N(C)C(=O)[C@H](C)SC1=N[C@H](C)CS1. The molecule has 5 heteroatoms. The summed E-state index contributed by atoms with van der Waals surface area (Å²) in [6.45, 7) is 8.11. The summed E-state index contributed by atoms with van der Waals surface area (Å²) < 4.78 is 1.06. The summed E-state index contributed by atoms with van der Waals surface area (Å²) in [6.07, 6.45) is 0. The van der Waals surface area contributed by atoms with E-state index < -0.39 is 0 Å². The van der Waals surface area contributed by atoms with Crippen molar-refractivity contribution in [2.45, 2.75) is 45.0 Å². The highest BCUT2D eigenvalue weighted by Crippen LogP contribution is 2.29. The Balaban J connectivity index is 2.49. The van der Waals surface area contributed by atoms with Gasteiger partial charge in [-0.2, -0.15) is 0 Å². The molecule has 0 radical (unpaired) electrons. The van der Waals surface area contributed by atoms with Gasteiger partial charge in [0.05, 0.1) is 11.3 Å². The number of amides is 1. The summed E-state index contributed by atoms with van der Waals surface area (Å²) in [5.74, 6) is 1.23. The van der Waals surface area contributed by atoms with E-state index in [-0.39, 0.29) is 17.2 Å². The molecule has 0 N–H and O–H groups in total. The maximum Gasteiger partial charge on any atom is 0.235 e. The van der Waals surface area contributed by atoms with Crippen LogP contribution in [0.25, 0.3) is 0 Å². The van der Waals surface area contributed by atoms with Crippen LogP contribution in [0.15, 0.2) is 4.99 Å². The molecule has 0 saturated carbocycles. The summed E-state index contributed by atoms with van der Waals surface area (Å²) in [7, 11) is 1.86. The van der Waals surface area contributed by atoms with Crippen LogP contribution in [0.3, 0.4) is 0 Å². The Morgan fingerprint density at radius 2 is 2.19 bits per heavy atom. The van der Waals surface area contributed by atoms with Gasteiger partial charge in [0.1, 0.15) is 4.38 Å². The average molecular weight is 260 g/mol. The smallest absolute Gasteiger partial charge is 0.235 e. The molecule has 1 aliphatic heterocycles. The van der Waals surface area contributed by atoms with Gasteiger partial charge in [-0.3, -0.25) is 9.79 Å². The monoisotopic (exact) mass is 260 g/mol. The Morgan fingerprint density at radius 3 is 2.62 bits per heavy atom. The molecule has 1 rings (SSSR count). The fraction of sp³-hybridized carbons (Fsp3) is 0.818. The summed E-state index contributed by atoms with van der Waals surface area (Å²) >= 11 is 3.35. The highest BCUT2D eigenvalue weighted by Gasteiger charge is 2.24. The van der Waals surface area contributed by atoms with Crippen LogP contribution < -0.4 is 0 Å². The molecule has 1 heterocycles. The first-order chi connectivity index (χ1) is 7.41. The van der Waals surface area contributed by atoms with Crippen molar-refractivity contribution in [3.05, 3.63) is 0 Å². The quantitative estimate of drug-likeness (QED) is 0.781. The van der Waals surface area contributed by atoms with Crippen molar-refractivity contribution >= 4 is 33.8 Å². The lowest BCUT2D eigenvalue weighted by Crippen LogP contribution is -2.38. The van der Waals surface area contributed by atoms with Gasteiger partial charge >= 0.3 is 0 Å². The predicted octanol–water partition coefficient (Wildman–Crippen LogP) is 2.47. The van der Waals surface area contributed by atoms with E-state index in [0.717, 1.165) is 10.1 Å². The lowest BCUT2D eigenvalue weighted by Gasteiger charge is -2.24. The highest BCUT2D eigenvalue weighted by molar-refractivity contribution is 8.39. The number of hydrogen-bond acceptors (Lipinski definition) is 4. The largest absolute Gasteiger partial charge is 0.342 e. The topological polar surface area (TPSA) is 32.7 Å². The zero-order valence-corrected chi connectivity index (χ0v) is 12.2. The van der Waals surface area contributed by atoms with Gasteiger partial charge in [-0.05, 0) is 27.7 Å². The minimum absolute atomic E-state index is 0.0380. The molecule has 0 fully saturated rings. The van der Waals surface area contributed by atoms with Crippen LogP contribution >= 0.6 is 23.5 Å². The third-order valence-corrected chi connectivity index (χ3v) is 5.03. The lowest BCUT2D eigenvalue weighted by atomic mass is 10.3. The highest BCUT2D eigenvalue weighted by atomic mass is 32.2. The van der Waals surface area contributed by atoms with E-state index in [1.165, 1.54) is 0 Å². The van der Waals surface area contributed by atoms with E-state index in [0.29, 0.717) is 6.04 Å². The Labute approximate surface area is 106 Å². The van der Waals surface area contributed by atoms with E-state index >= 15 is 0 Å². The molecule has 0 aliphatic carbocycles. The van der Waals surface area contributed by atoms with Crippen LogP contribution in [0.4, 0.5) is 0 Å². The number of carbonyl (C=O) groups is 1. The van der Waals surface area contributed by atoms with Crippen LogP contribution in [0.5, 0.6) is 0 Å². The minimum Gasteiger partial charge on any atom is -0.342 e. The molecular weight excluding hydrogens is 240 g/mol. The summed E-state index contributed by atoms with van der Waals surface area (Å²) in [5.41, 5.74) is 0. The van der Waals surface area contributed by atoms with E-state index in [1.807, 2.05) is 27.8 Å². The fourth-order valence-corrected chi connectivity index (χ4v) is 3.69. The number of rotatable bonds is 3. The van der Waals surface area contributed by atoms with Gasteiger partial charge in [-0.1, -0.05) is 23.5 Å². The number of thioether (sulfide) groups is 2. The molecule has 16 heavy (non-hydrogen) atoms. The molecule has 0 unspecified atom stereocenters. The zero-order valence-electron chi connectivity index (χ0n) is 10.6. The van der Waals surface area contributed by atoms with Gasteiger partial charge in [0.2, 0.25) is 5.91 Å². The average Bonchev–Trinajstić information content (AvgIpc) is 2.61. The summed E-state index contributed by atoms with van der Waals surface area (Å²) in [4.78, 5) is 18.3. The van der Waals surface area contributed by atoms with E-state index in [1.54, 1.807) is 28.4 Å². The Kier molecular flexibility index (Phi) is 5.18. The molecular formula is C11H20N2OS2. The number of hydrogen-bond donors (Lipinski definition) is 0. The molecule has 1 aliphatic rings. The second-order valence-corrected chi connectivity index (χ2v) is 6.95. The van der Waals surface area contributed by atoms with Crippen molar-refractivity contribution in [2.24, 2.45) is 4.99 Å². The molecule has 0 bridgehead atoms. The first kappa shape index (κ1) is 13.9. The second kappa shape index (κ2) is 5.96. The van der Waals surface area contributed by atoms with Crippen LogP contribution in [-0.4, -0.2) is 45.3 Å². The van der Waals surface area contributed by atoms with E-state index in [4.69, 9.17) is 0 Å². The molecule has 0 saturated heterocycles. The Hall–Kier alpha value is -0.160. The predicted molar refractivity (Wildman–Crippen MR) is 74.3 cm³/mol. The first-order valence-corrected chi connectivity index (χ1v) is 7.42. The third-order valence-electron chi connectivity index (χ3n) is 2.52. The number of carbonyl (C=O) groups excluding carboxylic acids is 1. The molecule has 2 atom stereocenters. The molecule has 0 aromatic heterocycles. The minimum atomic E-state index is -0.0380. The maximum absolute atomic E-state index is 12.0. The van der Waals surface area contributed by atoms with Gasteiger partial charge in [-0.15, -0.1) is 0 Å². The Bertz CT molecular complexity index is 292. The van der Waals surface area contributed by atoms with Crippen molar-refractivity contribution in [3.63, 3.8) is 0 Å². The first-order valence-electron chi connectivity index (χ1n) is 5.55. The van der Waals surface area contributed by atoms with Crippen LogP contribution in [0.1, 0.15) is 27.7 Å². The van der Waals surface area contributed by atoms with Crippen LogP contribution in [0.2, 0.25) is 0 Å². The van der Waals surface area contributed by atoms with Gasteiger partial charge in [-0.25, -0.2) is 0 Å². The standard InChI is InChI=1S/C11H20N2OS2/c1-7(2)13(5)10(14)9(4)16-11-12-8(3)6-15-11/h7-9H,6H2,1-5H3/t8-,9+/m1/s1. The molecule has 92 valence electrons. The van der Waals surface area contributed by atoms with E-state index in [9.17, 15) is 4.79 Å². The van der Waals surface area contributed by atoms with Crippen LogP contribution in [0, 0.1) is 0 Å². The van der Waals surface area contributed by atoms with E-state index in [2.05, 4.69) is 11.9 Å². The van der Waals surface area contributed by atoms with Gasteiger partial charge in [0.15, 0.2) is 0 Å². The zero-order chi connectivity index (χ0) is 12.3. The van der Waals surface area contributed by atoms with Gasteiger partial charge < -0.3 is 4.90 Å². The van der Waals surface area contributed by atoms with Gasteiger partial charge in [0.25, 0.3) is 0 Å². The lowest BCUT2D eigenvalue weighted by molar-refractivity contribution is -0.130. The van der Waals surface area contributed by atoms with Gasteiger partial charge in [0, 0.05) is 18.8 Å².